The SMILES string of the molecule is COc1ccc(C(=O)Nc2ccc(N3C(=O)c4ccccc4C3=O)cc2OC)cc1. The first kappa shape index (κ1) is 19.2. The van der Waals surface area contributed by atoms with E-state index >= 15 is 0 Å². The van der Waals surface area contributed by atoms with Gasteiger partial charge >= 0.3 is 0 Å². The predicted molar refractivity (Wildman–Crippen MR) is 112 cm³/mol. The minimum atomic E-state index is -0.396. The van der Waals surface area contributed by atoms with Gasteiger partial charge in [0.15, 0.2) is 0 Å². The van der Waals surface area contributed by atoms with E-state index in [0.717, 1.165) is 4.90 Å². The summed E-state index contributed by atoms with van der Waals surface area (Å²) in [5.74, 6) is -0.148. The molecule has 30 heavy (non-hydrogen) atoms. The Morgan fingerprint density at radius 2 is 1.47 bits per heavy atom. The highest BCUT2D eigenvalue weighted by molar-refractivity contribution is 6.34. The van der Waals surface area contributed by atoms with Gasteiger partial charge in [-0.15, -0.1) is 0 Å². The zero-order valence-electron chi connectivity index (χ0n) is 16.3. The van der Waals surface area contributed by atoms with Gasteiger partial charge in [-0.3, -0.25) is 14.4 Å². The van der Waals surface area contributed by atoms with Crippen molar-refractivity contribution in [2.24, 2.45) is 0 Å². The topological polar surface area (TPSA) is 84.9 Å². The van der Waals surface area contributed by atoms with Crippen LogP contribution in [-0.4, -0.2) is 31.9 Å². The van der Waals surface area contributed by atoms with Crippen molar-refractivity contribution >= 4 is 29.1 Å². The van der Waals surface area contributed by atoms with Crippen molar-refractivity contribution < 1.29 is 23.9 Å². The third-order valence-electron chi connectivity index (χ3n) is 4.84. The van der Waals surface area contributed by atoms with Gasteiger partial charge in [-0.25, -0.2) is 4.90 Å². The van der Waals surface area contributed by atoms with E-state index < -0.39 is 11.8 Å². The van der Waals surface area contributed by atoms with E-state index in [1.807, 2.05) is 0 Å². The highest BCUT2D eigenvalue weighted by Gasteiger charge is 2.36. The molecule has 1 aliphatic rings. The second kappa shape index (κ2) is 7.71. The van der Waals surface area contributed by atoms with Gasteiger partial charge < -0.3 is 14.8 Å². The predicted octanol–water partition coefficient (Wildman–Crippen LogP) is 3.76. The monoisotopic (exact) mass is 402 g/mol. The molecule has 7 nitrogen and oxygen atoms in total. The molecule has 0 atom stereocenters. The van der Waals surface area contributed by atoms with Crippen LogP contribution in [0.3, 0.4) is 0 Å². The lowest BCUT2D eigenvalue weighted by atomic mass is 10.1. The van der Waals surface area contributed by atoms with Crippen LogP contribution >= 0.6 is 0 Å². The lowest BCUT2D eigenvalue weighted by molar-refractivity contribution is 0.0924. The number of nitrogens with zero attached hydrogens (tertiary/aromatic N) is 1. The van der Waals surface area contributed by atoms with E-state index in [1.165, 1.54) is 7.11 Å². The van der Waals surface area contributed by atoms with Gasteiger partial charge in [0.1, 0.15) is 11.5 Å². The van der Waals surface area contributed by atoms with Crippen LogP contribution in [0, 0.1) is 0 Å². The lowest BCUT2D eigenvalue weighted by Gasteiger charge is -2.17. The highest BCUT2D eigenvalue weighted by Crippen LogP contribution is 2.34. The molecule has 3 aromatic rings. The Labute approximate surface area is 172 Å². The molecule has 0 saturated heterocycles. The number of hydrogen-bond donors (Lipinski definition) is 1. The fourth-order valence-electron chi connectivity index (χ4n) is 3.28. The molecule has 0 spiro atoms. The van der Waals surface area contributed by atoms with Crippen molar-refractivity contribution in [3.8, 4) is 11.5 Å². The molecule has 0 unspecified atom stereocenters. The number of carbonyl (C=O) groups excluding carboxylic acids is 3. The van der Waals surface area contributed by atoms with Gasteiger partial charge in [-0.05, 0) is 48.5 Å². The van der Waals surface area contributed by atoms with Crippen LogP contribution < -0.4 is 19.7 Å². The van der Waals surface area contributed by atoms with Crippen LogP contribution in [0.25, 0.3) is 0 Å². The molecule has 1 aliphatic heterocycles. The number of imide groups is 1. The van der Waals surface area contributed by atoms with Crippen molar-refractivity contribution in [1.82, 2.24) is 0 Å². The highest BCUT2D eigenvalue weighted by atomic mass is 16.5. The van der Waals surface area contributed by atoms with E-state index in [1.54, 1.807) is 73.8 Å². The molecular weight excluding hydrogens is 384 g/mol. The summed E-state index contributed by atoms with van der Waals surface area (Å²) in [5, 5.41) is 2.78. The Kier molecular flexibility index (Phi) is 4.93. The molecule has 0 radical (unpaired) electrons. The Hall–Kier alpha value is -4.13. The molecule has 0 bridgehead atoms. The van der Waals surface area contributed by atoms with Crippen LogP contribution in [0.2, 0.25) is 0 Å². The molecule has 0 saturated carbocycles. The lowest BCUT2D eigenvalue weighted by Crippen LogP contribution is -2.29. The zero-order valence-corrected chi connectivity index (χ0v) is 16.3. The molecule has 0 fully saturated rings. The summed E-state index contributed by atoms with van der Waals surface area (Å²) in [5.41, 5.74) is 1.94. The quantitative estimate of drug-likeness (QED) is 0.657. The van der Waals surface area contributed by atoms with Crippen molar-refractivity contribution in [2.45, 2.75) is 0 Å². The number of benzene rings is 3. The van der Waals surface area contributed by atoms with E-state index in [4.69, 9.17) is 9.47 Å². The fraction of sp³-hybridized carbons (Fsp3) is 0.0870. The average Bonchev–Trinajstić information content (AvgIpc) is 3.04. The second-order valence-electron chi connectivity index (χ2n) is 6.56. The van der Waals surface area contributed by atoms with E-state index in [0.29, 0.717) is 39.6 Å². The van der Waals surface area contributed by atoms with Crippen LogP contribution in [0.15, 0.2) is 66.7 Å². The van der Waals surface area contributed by atoms with E-state index in [-0.39, 0.29) is 5.91 Å². The van der Waals surface area contributed by atoms with Crippen molar-refractivity contribution in [3.05, 3.63) is 83.4 Å². The van der Waals surface area contributed by atoms with Crippen LogP contribution in [0.5, 0.6) is 11.5 Å². The number of ether oxygens (including phenoxy) is 2. The zero-order chi connectivity index (χ0) is 21.3. The first-order valence-electron chi connectivity index (χ1n) is 9.14. The second-order valence-corrected chi connectivity index (χ2v) is 6.56. The molecule has 1 N–H and O–H groups in total. The van der Waals surface area contributed by atoms with Crippen LogP contribution in [0.1, 0.15) is 31.1 Å². The number of hydrogen-bond acceptors (Lipinski definition) is 5. The molecular formula is C23H18N2O5. The molecule has 150 valence electrons. The number of rotatable bonds is 5. The number of anilines is 2. The number of nitrogens with one attached hydrogen (secondary N) is 1. The standard InChI is InChI=1S/C23H18N2O5/c1-29-16-10-7-14(8-11-16)21(26)24-19-12-9-15(13-20(19)30-2)25-22(27)17-5-3-4-6-18(17)23(25)28/h3-13H,1-2H3,(H,24,26). The number of fused-ring (bicyclic) bond motifs is 1. The van der Waals surface area contributed by atoms with Crippen LogP contribution in [0.4, 0.5) is 11.4 Å². The minimum absolute atomic E-state index is 0.325. The Balaban J connectivity index is 1.60. The fourth-order valence-corrected chi connectivity index (χ4v) is 3.28. The normalized spacial score (nSPS) is 12.5. The molecule has 4 rings (SSSR count). The first-order chi connectivity index (χ1) is 14.5. The van der Waals surface area contributed by atoms with Crippen molar-refractivity contribution in [2.75, 3.05) is 24.4 Å². The Morgan fingerprint density at radius 3 is 2.03 bits per heavy atom. The van der Waals surface area contributed by atoms with Crippen molar-refractivity contribution in [1.29, 1.82) is 0 Å². The largest absolute Gasteiger partial charge is 0.497 e. The summed E-state index contributed by atoms with van der Waals surface area (Å²) in [4.78, 5) is 39.0. The smallest absolute Gasteiger partial charge is 0.266 e. The molecule has 0 aliphatic carbocycles. The minimum Gasteiger partial charge on any atom is -0.497 e. The van der Waals surface area contributed by atoms with Gasteiger partial charge in [0, 0.05) is 11.6 Å². The molecule has 1 heterocycles. The molecule has 7 heteroatoms. The van der Waals surface area contributed by atoms with Gasteiger partial charge in [0.05, 0.1) is 36.7 Å². The summed E-state index contributed by atoms with van der Waals surface area (Å²) >= 11 is 0. The molecule has 3 aromatic carbocycles. The maximum Gasteiger partial charge on any atom is 0.266 e. The van der Waals surface area contributed by atoms with Gasteiger partial charge in [-0.2, -0.15) is 0 Å². The Morgan fingerprint density at radius 1 is 0.833 bits per heavy atom. The summed E-state index contributed by atoms with van der Waals surface area (Å²) in [6.07, 6.45) is 0. The Bertz CT molecular complexity index is 1120. The summed E-state index contributed by atoms with van der Waals surface area (Å²) < 4.78 is 10.5. The third kappa shape index (κ3) is 3.26. The number of methoxy groups -OCH3 is 2. The third-order valence-corrected chi connectivity index (χ3v) is 4.84. The van der Waals surface area contributed by atoms with E-state index in [2.05, 4.69) is 5.32 Å². The maximum atomic E-state index is 12.7. The summed E-state index contributed by atoms with van der Waals surface area (Å²) in [6, 6.07) is 18.1. The van der Waals surface area contributed by atoms with Gasteiger partial charge in [0.2, 0.25) is 0 Å². The molecule has 0 aromatic heterocycles. The number of carbonyl (C=O) groups is 3. The average molecular weight is 402 g/mol. The van der Waals surface area contributed by atoms with Gasteiger partial charge in [0.25, 0.3) is 17.7 Å². The number of amides is 3. The van der Waals surface area contributed by atoms with E-state index in [9.17, 15) is 14.4 Å². The summed E-state index contributed by atoms with van der Waals surface area (Å²) in [6.45, 7) is 0. The maximum absolute atomic E-state index is 12.7. The summed E-state index contributed by atoms with van der Waals surface area (Å²) in [7, 11) is 3.00. The van der Waals surface area contributed by atoms with Crippen LogP contribution in [-0.2, 0) is 0 Å². The molecule has 3 amide bonds. The van der Waals surface area contributed by atoms with Crippen molar-refractivity contribution in [3.63, 3.8) is 0 Å². The first-order valence-corrected chi connectivity index (χ1v) is 9.14. The van der Waals surface area contributed by atoms with Gasteiger partial charge in [-0.1, -0.05) is 12.1 Å².